The third-order valence-corrected chi connectivity index (χ3v) is 5.50. The molecule has 1 atom stereocenters. The van der Waals surface area contributed by atoms with E-state index >= 15 is 0 Å². The zero-order valence-electron chi connectivity index (χ0n) is 18.9. The maximum absolute atomic E-state index is 14.5. The number of nitrogens with one attached hydrogen (secondary N) is 2. The summed E-state index contributed by atoms with van der Waals surface area (Å²) in [6.45, 7) is -0.911. The molecule has 182 valence electrons. The lowest BCUT2D eigenvalue weighted by atomic mass is 10.1. The minimum Gasteiger partial charge on any atom is -0.710 e. The van der Waals surface area contributed by atoms with Crippen LogP contribution in [0, 0.1) is 16.5 Å². The monoisotopic (exact) mass is 489 g/mol. The predicted molar refractivity (Wildman–Crippen MR) is 127 cm³/mol. The largest absolute Gasteiger partial charge is 0.710 e. The number of fused-ring (bicyclic) bond motifs is 1. The SMILES string of the molecule is N#Cc1ccc(NCC(F)(F)c2ccccn2)[n+]([O-])c1CC(=O)NC(N)c1ccc2ccncc2c1. The van der Waals surface area contributed by atoms with Crippen LogP contribution in [0.3, 0.4) is 0 Å². The van der Waals surface area contributed by atoms with Crippen LogP contribution >= 0.6 is 0 Å². The Morgan fingerprint density at radius 1 is 1.17 bits per heavy atom. The summed E-state index contributed by atoms with van der Waals surface area (Å²) in [5.41, 5.74) is 6.03. The van der Waals surface area contributed by atoms with Gasteiger partial charge < -0.3 is 16.3 Å². The Hall–Kier alpha value is -4.69. The normalized spacial score (nSPS) is 12.1. The number of alkyl halides is 2. The van der Waals surface area contributed by atoms with Gasteiger partial charge in [-0.2, -0.15) is 14.0 Å². The van der Waals surface area contributed by atoms with Crippen LogP contribution < -0.4 is 21.1 Å². The molecular weight excluding hydrogens is 468 g/mol. The molecule has 0 spiro atoms. The summed E-state index contributed by atoms with van der Waals surface area (Å²) < 4.78 is 29.2. The van der Waals surface area contributed by atoms with Gasteiger partial charge in [0.15, 0.2) is 6.54 Å². The molecule has 0 bridgehead atoms. The van der Waals surface area contributed by atoms with Crippen molar-refractivity contribution < 1.29 is 18.3 Å². The molecule has 1 unspecified atom stereocenters. The van der Waals surface area contributed by atoms with Crippen LogP contribution in [0.25, 0.3) is 10.8 Å². The molecule has 0 aliphatic carbocycles. The van der Waals surface area contributed by atoms with Crippen molar-refractivity contribution in [2.75, 3.05) is 11.9 Å². The average molecular weight is 489 g/mol. The number of nitrogens with zero attached hydrogens (tertiary/aromatic N) is 4. The molecule has 3 heterocycles. The Morgan fingerprint density at radius 3 is 2.75 bits per heavy atom. The summed E-state index contributed by atoms with van der Waals surface area (Å²) in [5.74, 6) is -4.22. The second kappa shape index (κ2) is 10.3. The fraction of sp³-hybridized carbons (Fsp3) is 0.160. The molecule has 0 fully saturated rings. The molecule has 0 radical (unpaired) electrons. The third-order valence-electron chi connectivity index (χ3n) is 5.50. The molecule has 4 N–H and O–H groups in total. The first-order valence-corrected chi connectivity index (χ1v) is 10.9. The van der Waals surface area contributed by atoms with Gasteiger partial charge in [-0.05, 0) is 41.3 Å². The van der Waals surface area contributed by atoms with Crippen molar-refractivity contribution in [1.82, 2.24) is 15.3 Å². The highest BCUT2D eigenvalue weighted by atomic mass is 19.3. The van der Waals surface area contributed by atoms with Gasteiger partial charge in [-0.3, -0.25) is 20.1 Å². The van der Waals surface area contributed by atoms with Crippen molar-refractivity contribution in [3.05, 3.63) is 101 Å². The Balaban J connectivity index is 1.48. The minimum absolute atomic E-state index is 0.0625. The van der Waals surface area contributed by atoms with Gasteiger partial charge in [-0.15, -0.1) is 0 Å². The molecular formula is C25H21F2N7O2. The number of hydrogen-bond donors (Lipinski definition) is 3. The lowest BCUT2D eigenvalue weighted by Crippen LogP contribution is -2.42. The smallest absolute Gasteiger partial charge is 0.325 e. The van der Waals surface area contributed by atoms with Crippen molar-refractivity contribution >= 4 is 22.5 Å². The number of carbonyl (C=O) groups excluding carboxylic acids is 1. The van der Waals surface area contributed by atoms with E-state index in [0.29, 0.717) is 5.56 Å². The van der Waals surface area contributed by atoms with Gasteiger partial charge in [0.1, 0.15) is 23.6 Å². The van der Waals surface area contributed by atoms with Crippen molar-refractivity contribution in [1.29, 1.82) is 5.26 Å². The fourth-order valence-corrected chi connectivity index (χ4v) is 3.61. The summed E-state index contributed by atoms with van der Waals surface area (Å²) in [4.78, 5) is 20.4. The molecule has 3 aromatic heterocycles. The summed E-state index contributed by atoms with van der Waals surface area (Å²) in [5, 5.41) is 29.0. The van der Waals surface area contributed by atoms with Crippen molar-refractivity contribution in [2.45, 2.75) is 18.5 Å². The van der Waals surface area contributed by atoms with Crippen LogP contribution in [-0.4, -0.2) is 22.4 Å². The highest BCUT2D eigenvalue weighted by Gasteiger charge is 2.35. The molecule has 4 aromatic rings. The quantitative estimate of drug-likeness (QED) is 0.196. The molecule has 0 aliphatic rings. The first-order valence-electron chi connectivity index (χ1n) is 10.9. The molecule has 0 saturated carbocycles. The number of amides is 1. The van der Waals surface area contributed by atoms with Crippen LogP contribution in [0.15, 0.2) is 73.2 Å². The number of aromatic nitrogens is 3. The number of anilines is 1. The number of rotatable bonds is 8. The Kier molecular flexibility index (Phi) is 6.98. The second-order valence-corrected chi connectivity index (χ2v) is 7.96. The molecule has 4 rings (SSSR count). The zero-order valence-corrected chi connectivity index (χ0v) is 18.9. The van der Waals surface area contributed by atoms with Gasteiger partial charge in [0.05, 0.1) is 12.0 Å². The molecule has 11 heteroatoms. The van der Waals surface area contributed by atoms with Crippen molar-refractivity contribution in [3.63, 3.8) is 0 Å². The van der Waals surface area contributed by atoms with E-state index in [2.05, 4.69) is 20.6 Å². The maximum Gasteiger partial charge on any atom is 0.325 e. The number of pyridine rings is 3. The number of nitriles is 1. The molecule has 36 heavy (non-hydrogen) atoms. The standard InChI is InChI=1S/C25H21F2N7O2/c26-25(27,21-3-1-2-9-31-21)15-32-22-7-6-18(13-28)20(34(22)36)12-23(35)33-24(29)17-5-4-16-8-10-30-14-19(16)11-17/h1-11,14,24,32H,12,15,29H2,(H,33,35). The van der Waals surface area contributed by atoms with Gasteiger partial charge in [-0.1, -0.05) is 18.2 Å². The van der Waals surface area contributed by atoms with E-state index in [4.69, 9.17) is 5.73 Å². The van der Waals surface area contributed by atoms with Crippen LogP contribution in [0.2, 0.25) is 0 Å². The van der Waals surface area contributed by atoms with E-state index < -0.39 is 36.7 Å². The van der Waals surface area contributed by atoms with Gasteiger partial charge in [0.2, 0.25) is 5.91 Å². The number of benzene rings is 1. The molecule has 1 aromatic carbocycles. The van der Waals surface area contributed by atoms with Crippen molar-refractivity contribution in [2.24, 2.45) is 5.73 Å². The maximum atomic E-state index is 14.5. The lowest BCUT2D eigenvalue weighted by molar-refractivity contribution is -0.598. The van der Waals surface area contributed by atoms with E-state index in [1.807, 2.05) is 18.2 Å². The predicted octanol–water partition coefficient (Wildman–Crippen LogP) is 2.65. The van der Waals surface area contributed by atoms with Gasteiger partial charge in [-0.25, -0.2) is 4.73 Å². The second-order valence-electron chi connectivity index (χ2n) is 7.96. The number of halogens is 2. The Bertz CT molecular complexity index is 1440. The highest BCUT2D eigenvalue weighted by molar-refractivity contribution is 5.83. The van der Waals surface area contributed by atoms with Crippen LogP contribution in [0.5, 0.6) is 0 Å². The number of hydrogen-bond acceptors (Lipinski definition) is 7. The van der Waals surface area contributed by atoms with Gasteiger partial charge >= 0.3 is 5.92 Å². The molecule has 9 nitrogen and oxygen atoms in total. The summed E-state index contributed by atoms with van der Waals surface area (Å²) in [7, 11) is 0. The van der Waals surface area contributed by atoms with Gasteiger partial charge in [0.25, 0.3) is 5.82 Å². The number of nitrogens with two attached hydrogens (primary N) is 1. The van der Waals surface area contributed by atoms with E-state index in [9.17, 15) is 24.0 Å². The Labute approximate surface area is 204 Å². The highest BCUT2D eigenvalue weighted by Crippen LogP contribution is 2.26. The number of carbonyl (C=O) groups is 1. The fourth-order valence-electron chi connectivity index (χ4n) is 3.61. The van der Waals surface area contributed by atoms with Gasteiger partial charge in [0, 0.05) is 30.0 Å². The summed E-state index contributed by atoms with van der Waals surface area (Å²) in [6, 6.07) is 15.7. The topological polar surface area (TPSA) is 144 Å². The lowest BCUT2D eigenvalue weighted by Gasteiger charge is -2.19. The molecule has 0 aliphatic heterocycles. The first-order chi connectivity index (χ1) is 17.3. The first kappa shape index (κ1) is 24.4. The molecule has 0 saturated heterocycles. The summed E-state index contributed by atoms with van der Waals surface area (Å²) in [6.07, 6.45) is 3.21. The van der Waals surface area contributed by atoms with Crippen LogP contribution in [0.4, 0.5) is 14.6 Å². The van der Waals surface area contributed by atoms with E-state index in [1.54, 1.807) is 24.5 Å². The van der Waals surface area contributed by atoms with Crippen LogP contribution in [0.1, 0.15) is 28.7 Å². The summed E-state index contributed by atoms with van der Waals surface area (Å²) >= 11 is 0. The average Bonchev–Trinajstić information content (AvgIpc) is 2.89. The van der Waals surface area contributed by atoms with E-state index in [1.165, 1.54) is 36.5 Å². The minimum atomic E-state index is -3.36. The van der Waals surface area contributed by atoms with E-state index in [0.717, 1.165) is 10.8 Å². The Morgan fingerprint density at radius 2 is 2.00 bits per heavy atom. The van der Waals surface area contributed by atoms with E-state index in [-0.39, 0.29) is 21.8 Å². The van der Waals surface area contributed by atoms with Crippen LogP contribution in [-0.2, 0) is 17.1 Å². The third kappa shape index (κ3) is 5.34. The van der Waals surface area contributed by atoms with Crippen molar-refractivity contribution in [3.8, 4) is 6.07 Å². The molecule has 1 amide bonds. The zero-order chi connectivity index (χ0) is 25.7.